The van der Waals surface area contributed by atoms with E-state index in [4.69, 9.17) is 0 Å². The number of hydrogen-bond donors (Lipinski definition) is 0. The number of carbonyl (C=O) groups is 1. The van der Waals surface area contributed by atoms with Crippen LogP contribution in [0.3, 0.4) is 0 Å². The van der Waals surface area contributed by atoms with Gasteiger partial charge < -0.3 is 0 Å². The highest BCUT2D eigenvalue weighted by Crippen LogP contribution is 2.24. The monoisotopic (exact) mass is 196 g/mol. The Hall–Kier alpha value is -0.500. The number of ketones is 1. The van der Waals surface area contributed by atoms with Crippen molar-refractivity contribution < 1.29 is 4.79 Å². The number of carbonyl (C=O) groups excluding carboxylic acids is 1. The van der Waals surface area contributed by atoms with Gasteiger partial charge in [-0.2, -0.15) is 0 Å². The number of thioether (sulfide) groups is 1. The van der Waals surface area contributed by atoms with Gasteiger partial charge in [0.2, 0.25) is 0 Å². The van der Waals surface area contributed by atoms with Crippen molar-refractivity contribution in [2.75, 3.05) is 5.75 Å². The molecule has 0 fully saturated rings. The third-order valence-electron chi connectivity index (χ3n) is 1.90. The van der Waals surface area contributed by atoms with E-state index < -0.39 is 0 Å². The summed E-state index contributed by atoms with van der Waals surface area (Å²) in [6, 6.07) is 0. The molecule has 1 aliphatic rings. The summed E-state index contributed by atoms with van der Waals surface area (Å²) in [6.07, 6.45) is 10.1. The van der Waals surface area contributed by atoms with Gasteiger partial charge in [-0.3, -0.25) is 4.79 Å². The normalized spacial score (nSPS) is 17.5. The average molecular weight is 196 g/mol. The van der Waals surface area contributed by atoms with Crippen LogP contribution in [0.25, 0.3) is 0 Å². The molecular weight excluding hydrogens is 180 g/mol. The van der Waals surface area contributed by atoms with Crippen LogP contribution in [0.2, 0.25) is 0 Å². The van der Waals surface area contributed by atoms with Crippen LogP contribution in [0.15, 0.2) is 23.1 Å². The molecule has 1 heterocycles. The first-order valence-electron chi connectivity index (χ1n) is 4.88. The van der Waals surface area contributed by atoms with Crippen LogP contribution in [0.5, 0.6) is 0 Å². The molecule has 0 N–H and O–H groups in total. The lowest BCUT2D eigenvalue weighted by Crippen LogP contribution is -1.99. The van der Waals surface area contributed by atoms with Crippen molar-refractivity contribution in [2.45, 2.75) is 32.6 Å². The first-order valence-corrected chi connectivity index (χ1v) is 5.87. The summed E-state index contributed by atoms with van der Waals surface area (Å²) < 4.78 is 0. The van der Waals surface area contributed by atoms with Crippen LogP contribution in [-0.4, -0.2) is 11.5 Å². The summed E-state index contributed by atoms with van der Waals surface area (Å²) in [6.45, 7) is 2.11. The molecule has 0 radical (unpaired) electrons. The van der Waals surface area contributed by atoms with Crippen molar-refractivity contribution in [1.29, 1.82) is 0 Å². The zero-order valence-electron chi connectivity index (χ0n) is 8.08. The lowest BCUT2D eigenvalue weighted by Gasteiger charge is -2.08. The third-order valence-corrected chi connectivity index (χ3v) is 3.07. The molecule has 72 valence electrons. The van der Waals surface area contributed by atoms with Gasteiger partial charge in [0.1, 0.15) is 0 Å². The second-order valence-corrected chi connectivity index (χ2v) is 4.25. The van der Waals surface area contributed by atoms with Crippen LogP contribution in [0.4, 0.5) is 0 Å². The average Bonchev–Trinajstić information content (AvgIpc) is 2.19. The number of unbranched alkanes of at least 4 members (excludes halogenated alkanes) is 1. The van der Waals surface area contributed by atoms with Gasteiger partial charge in [0.05, 0.1) is 4.91 Å². The largest absolute Gasteiger partial charge is 0.289 e. The minimum Gasteiger partial charge on any atom is -0.289 e. The number of allylic oxidation sites excluding steroid dienone is 4. The summed E-state index contributed by atoms with van der Waals surface area (Å²) in [7, 11) is 0. The number of hydrogen-bond acceptors (Lipinski definition) is 2. The molecular formula is C11H16OS. The van der Waals surface area contributed by atoms with Crippen LogP contribution in [0.1, 0.15) is 32.6 Å². The fourth-order valence-electron chi connectivity index (χ4n) is 1.17. The lowest BCUT2D eigenvalue weighted by molar-refractivity contribution is -0.110. The molecule has 0 atom stereocenters. The molecule has 2 heteroatoms. The maximum absolute atomic E-state index is 11.5. The first-order chi connectivity index (χ1) is 6.34. The highest BCUT2D eigenvalue weighted by Gasteiger charge is 2.09. The van der Waals surface area contributed by atoms with E-state index in [2.05, 4.69) is 13.0 Å². The lowest BCUT2D eigenvalue weighted by atomic mass is 10.2. The Morgan fingerprint density at radius 1 is 1.69 bits per heavy atom. The molecule has 0 aromatic carbocycles. The van der Waals surface area contributed by atoms with Gasteiger partial charge in [0, 0.05) is 0 Å². The first kappa shape index (κ1) is 10.6. The minimum atomic E-state index is 0.193. The molecule has 0 bridgehead atoms. The smallest absolute Gasteiger partial charge is 0.191 e. The van der Waals surface area contributed by atoms with Crippen molar-refractivity contribution in [3.63, 3.8) is 0 Å². The molecule has 0 aromatic rings. The highest BCUT2D eigenvalue weighted by atomic mass is 32.2. The molecule has 0 spiro atoms. The third kappa shape index (κ3) is 3.81. The SMILES string of the molecule is CCC/C=C/C(=O)C1=CCCCS1. The van der Waals surface area contributed by atoms with Gasteiger partial charge in [0.15, 0.2) is 5.78 Å². The van der Waals surface area contributed by atoms with Gasteiger partial charge in [0.25, 0.3) is 0 Å². The van der Waals surface area contributed by atoms with Crippen molar-refractivity contribution >= 4 is 17.5 Å². The van der Waals surface area contributed by atoms with E-state index in [1.807, 2.05) is 6.08 Å². The Morgan fingerprint density at radius 3 is 3.15 bits per heavy atom. The van der Waals surface area contributed by atoms with Gasteiger partial charge in [-0.05, 0) is 31.1 Å². The molecule has 0 saturated carbocycles. The maximum Gasteiger partial charge on any atom is 0.191 e. The topological polar surface area (TPSA) is 17.1 Å². The molecule has 1 rings (SSSR count). The quantitative estimate of drug-likeness (QED) is 0.642. The standard InChI is InChI=1S/C11H16OS/c1-2-3-4-7-10(12)11-8-5-6-9-13-11/h4,7-8H,2-3,5-6,9H2,1H3/b7-4+. The summed E-state index contributed by atoms with van der Waals surface area (Å²) in [4.78, 5) is 12.4. The van der Waals surface area contributed by atoms with E-state index in [9.17, 15) is 4.79 Å². The summed E-state index contributed by atoms with van der Waals surface area (Å²) in [5.41, 5.74) is 0. The van der Waals surface area contributed by atoms with E-state index >= 15 is 0 Å². The molecule has 0 aromatic heterocycles. The summed E-state index contributed by atoms with van der Waals surface area (Å²) >= 11 is 1.69. The predicted octanol–water partition coefficient (Wildman–Crippen LogP) is 3.32. The molecule has 0 saturated heterocycles. The summed E-state index contributed by atoms with van der Waals surface area (Å²) in [5, 5.41) is 0. The molecule has 1 nitrogen and oxygen atoms in total. The van der Waals surface area contributed by atoms with Gasteiger partial charge in [-0.25, -0.2) is 0 Å². The van der Waals surface area contributed by atoms with Gasteiger partial charge in [-0.1, -0.05) is 25.5 Å². The van der Waals surface area contributed by atoms with Gasteiger partial charge >= 0.3 is 0 Å². The molecule has 0 amide bonds. The zero-order chi connectivity index (χ0) is 9.52. The van der Waals surface area contributed by atoms with Crippen LogP contribution >= 0.6 is 11.8 Å². The predicted molar refractivity (Wildman–Crippen MR) is 58.8 cm³/mol. The minimum absolute atomic E-state index is 0.193. The van der Waals surface area contributed by atoms with Crippen molar-refractivity contribution in [1.82, 2.24) is 0 Å². The van der Waals surface area contributed by atoms with Crippen LogP contribution in [-0.2, 0) is 4.79 Å². The maximum atomic E-state index is 11.5. The van der Waals surface area contributed by atoms with Crippen LogP contribution < -0.4 is 0 Å². The highest BCUT2D eigenvalue weighted by molar-refractivity contribution is 8.04. The van der Waals surface area contributed by atoms with E-state index in [0.29, 0.717) is 0 Å². The van der Waals surface area contributed by atoms with Crippen molar-refractivity contribution in [3.05, 3.63) is 23.1 Å². The zero-order valence-corrected chi connectivity index (χ0v) is 8.90. The second kappa shape index (κ2) is 6.03. The Morgan fingerprint density at radius 2 is 2.54 bits per heavy atom. The summed E-state index contributed by atoms with van der Waals surface area (Å²) in [5.74, 6) is 1.29. The Kier molecular flexibility index (Phi) is 4.91. The number of rotatable bonds is 4. The second-order valence-electron chi connectivity index (χ2n) is 3.11. The Balaban J connectivity index is 2.42. The molecule has 13 heavy (non-hydrogen) atoms. The van der Waals surface area contributed by atoms with Crippen molar-refractivity contribution in [2.24, 2.45) is 0 Å². The molecule has 1 aliphatic heterocycles. The van der Waals surface area contributed by atoms with E-state index in [1.165, 1.54) is 6.42 Å². The van der Waals surface area contributed by atoms with E-state index in [-0.39, 0.29) is 5.78 Å². The molecule has 0 unspecified atom stereocenters. The van der Waals surface area contributed by atoms with E-state index in [1.54, 1.807) is 17.8 Å². The van der Waals surface area contributed by atoms with Crippen molar-refractivity contribution in [3.8, 4) is 0 Å². The fraction of sp³-hybridized carbons (Fsp3) is 0.545. The fourth-order valence-corrected chi connectivity index (χ4v) is 2.15. The van der Waals surface area contributed by atoms with Gasteiger partial charge in [-0.15, -0.1) is 11.8 Å². The van der Waals surface area contributed by atoms with Crippen LogP contribution in [0, 0.1) is 0 Å². The Bertz CT molecular complexity index is 228. The molecule has 0 aliphatic carbocycles. The Labute approximate surface area is 84.3 Å². The van der Waals surface area contributed by atoms with E-state index in [0.717, 1.165) is 29.9 Å².